The van der Waals surface area contributed by atoms with Crippen molar-refractivity contribution in [3.05, 3.63) is 78.8 Å². The zero-order valence-electron chi connectivity index (χ0n) is 17.9. The molecule has 0 fully saturated rings. The molecule has 0 aliphatic heterocycles. The topological polar surface area (TPSA) is 62.1 Å². The van der Waals surface area contributed by atoms with E-state index in [1.165, 1.54) is 28.1 Å². The van der Waals surface area contributed by atoms with Crippen molar-refractivity contribution in [2.24, 2.45) is 0 Å². The van der Waals surface area contributed by atoms with Gasteiger partial charge in [0.05, 0.1) is 25.3 Å². The average Bonchev–Trinajstić information content (AvgIpc) is 3.19. The Morgan fingerprint density at radius 1 is 0.969 bits per heavy atom. The second-order valence-corrected chi connectivity index (χ2v) is 8.29. The zero-order valence-corrected chi connectivity index (χ0v) is 18.7. The lowest BCUT2D eigenvalue weighted by Crippen LogP contribution is -2.04. The van der Waals surface area contributed by atoms with Crippen LogP contribution in [-0.2, 0) is 13.0 Å². The lowest BCUT2D eigenvalue weighted by atomic mass is 10.0. The second-order valence-electron chi connectivity index (χ2n) is 7.28. The monoisotopic (exact) mass is 442 g/mol. The van der Waals surface area contributed by atoms with Crippen LogP contribution in [0.4, 0.5) is 0 Å². The number of methoxy groups -OCH3 is 2. The van der Waals surface area contributed by atoms with Crippen LogP contribution in [0.2, 0.25) is 0 Å². The Balaban J connectivity index is 1.53. The van der Waals surface area contributed by atoms with Gasteiger partial charge in [0.1, 0.15) is 23.3 Å². The van der Waals surface area contributed by atoms with Crippen LogP contribution in [-0.4, -0.2) is 33.7 Å². The molecule has 0 bridgehead atoms. The third-order valence-electron chi connectivity index (χ3n) is 5.43. The molecule has 0 saturated carbocycles. The van der Waals surface area contributed by atoms with Gasteiger partial charge >= 0.3 is 0 Å². The lowest BCUT2D eigenvalue weighted by molar-refractivity contribution is 0.394. The van der Waals surface area contributed by atoms with Crippen molar-refractivity contribution in [2.75, 3.05) is 14.2 Å². The van der Waals surface area contributed by atoms with E-state index in [4.69, 9.17) is 14.5 Å². The Labute approximate surface area is 190 Å². The summed E-state index contributed by atoms with van der Waals surface area (Å²) in [7, 11) is 3.33. The van der Waals surface area contributed by atoms with E-state index in [1.54, 1.807) is 26.7 Å². The minimum atomic E-state index is 0.746. The number of benzene rings is 3. The van der Waals surface area contributed by atoms with Gasteiger partial charge in [0, 0.05) is 6.54 Å². The molecule has 0 amide bonds. The quantitative estimate of drug-likeness (QED) is 0.337. The second kappa shape index (κ2) is 8.88. The average molecular weight is 443 g/mol. The molecule has 6 nitrogen and oxygen atoms in total. The van der Waals surface area contributed by atoms with Gasteiger partial charge in [-0.15, -0.1) is 0 Å². The van der Waals surface area contributed by atoms with Gasteiger partial charge in [-0.2, -0.15) is 0 Å². The molecule has 0 atom stereocenters. The van der Waals surface area contributed by atoms with Crippen molar-refractivity contribution in [1.82, 2.24) is 19.5 Å². The summed E-state index contributed by atoms with van der Waals surface area (Å²) in [4.78, 5) is 14.4. The first-order chi connectivity index (χ1) is 15.8. The largest absolute Gasteiger partial charge is 0.497 e. The first-order valence-electron chi connectivity index (χ1n) is 10.3. The summed E-state index contributed by atoms with van der Waals surface area (Å²) in [6.45, 7) is 0.746. The van der Waals surface area contributed by atoms with Crippen LogP contribution in [0.25, 0.3) is 21.9 Å². The van der Waals surface area contributed by atoms with Crippen molar-refractivity contribution >= 4 is 33.7 Å². The molecule has 0 unspecified atom stereocenters. The van der Waals surface area contributed by atoms with E-state index >= 15 is 0 Å². The van der Waals surface area contributed by atoms with E-state index in [0.717, 1.165) is 45.7 Å². The number of hydrogen-bond donors (Lipinski definition) is 0. The molecule has 2 aromatic heterocycles. The molecule has 0 radical (unpaired) electrons. The molecule has 3 aromatic carbocycles. The SMILES string of the molecule is COc1ccc(OC)c(Sc2nc3cncnc3n2CCc2cccc3ccccc23)c1. The molecule has 160 valence electrons. The van der Waals surface area contributed by atoms with Gasteiger partial charge in [0.15, 0.2) is 10.8 Å². The van der Waals surface area contributed by atoms with E-state index in [2.05, 4.69) is 57.0 Å². The van der Waals surface area contributed by atoms with Gasteiger partial charge in [-0.25, -0.2) is 15.0 Å². The zero-order chi connectivity index (χ0) is 21.9. The lowest BCUT2D eigenvalue weighted by Gasteiger charge is -2.12. The molecule has 2 heterocycles. The molecule has 0 aliphatic carbocycles. The fourth-order valence-corrected chi connectivity index (χ4v) is 4.90. The molecule has 7 heteroatoms. The van der Waals surface area contributed by atoms with E-state index in [-0.39, 0.29) is 0 Å². The molecule has 0 N–H and O–H groups in total. The predicted octanol–water partition coefficient (Wildman–Crippen LogP) is 5.39. The van der Waals surface area contributed by atoms with Gasteiger partial charge in [-0.05, 0) is 52.7 Å². The highest BCUT2D eigenvalue weighted by Gasteiger charge is 2.16. The Morgan fingerprint density at radius 2 is 1.84 bits per heavy atom. The maximum absolute atomic E-state index is 5.57. The van der Waals surface area contributed by atoms with Crippen LogP contribution >= 0.6 is 11.8 Å². The summed E-state index contributed by atoms with van der Waals surface area (Å²) in [5, 5.41) is 3.36. The molecule has 5 rings (SSSR count). The minimum Gasteiger partial charge on any atom is -0.497 e. The maximum Gasteiger partial charge on any atom is 0.175 e. The highest BCUT2D eigenvalue weighted by Crippen LogP contribution is 2.38. The molecule has 0 spiro atoms. The molecular weight excluding hydrogens is 420 g/mol. The Kier molecular flexibility index (Phi) is 5.64. The predicted molar refractivity (Wildman–Crippen MR) is 127 cm³/mol. The van der Waals surface area contributed by atoms with Crippen LogP contribution in [0.3, 0.4) is 0 Å². The van der Waals surface area contributed by atoms with Crippen LogP contribution in [0.15, 0.2) is 83.2 Å². The Bertz CT molecular complexity index is 1390. The number of nitrogens with zero attached hydrogens (tertiary/aromatic N) is 4. The fraction of sp³-hybridized carbons (Fsp3) is 0.160. The number of ether oxygens (including phenoxy) is 2. The van der Waals surface area contributed by atoms with Crippen LogP contribution in [0.1, 0.15) is 5.56 Å². The molecule has 0 saturated heterocycles. The summed E-state index contributed by atoms with van der Waals surface area (Å²) in [5.41, 5.74) is 2.90. The summed E-state index contributed by atoms with van der Waals surface area (Å²) < 4.78 is 13.1. The first-order valence-corrected chi connectivity index (χ1v) is 11.1. The van der Waals surface area contributed by atoms with Gasteiger partial charge in [0.25, 0.3) is 0 Å². The van der Waals surface area contributed by atoms with E-state index in [9.17, 15) is 0 Å². The van der Waals surface area contributed by atoms with E-state index in [1.807, 2.05) is 18.2 Å². The highest BCUT2D eigenvalue weighted by molar-refractivity contribution is 7.99. The fourth-order valence-electron chi connectivity index (χ4n) is 3.84. The number of fused-ring (bicyclic) bond motifs is 2. The highest BCUT2D eigenvalue weighted by atomic mass is 32.2. The van der Waals surface area contributed by atoms with Gasteiger partial charge in [0.2, 0.25) is 0 Å². The standard InChI is InChI=1S/C25H22N4O2S/c1-30-19-10-11-22(31-2)23(14-19)32-25-28-21-15-26-16-27-24(21)29(25)13-12-18-8-5-7-17-6-3-4-9-20(17)18/h3-11,14-16H,12-13H2,1-2H3. The van der Waals surface area contributed by atoms with E-state index < -0.39 is 0 Å². The number of aryl methyl sites for hydroxylation is 2. The van der Waals surface area contributed by atoms with Crippen molar-refractivity contribution in [3.63, 3.8) is 0 Å². The molecular formula is C25H22N4O2S. The van der Waals surface area contributed by atoms with Crippen LogP contribution < -0.4 is 9.47 Å². The number of hydrogen-bond acceptors (Lipinski definition) is 6. The minimum absolute atomic E-state index is 0.746. The Morgan fingerprint density at radius 3 is 2.72 bits per heavy atom. The van der Waals surface area contributed by atoms with Crippen molar-refractivity contribution < 1.29 is 9.47 Å². The molecule has 32 heavy (non-hydrogen) atoms. The van der Waals surface area contributed by atoms with Gasteiger partial charge < -0.3 is 14.0 Å². The van der Waals surface area contributed by atoms with Crippen LogP contribution in [0.5, 0.6) is 11.5 Å². The number of imidazole rings is 1. The summed E-state index contributed by atoms with van der Waals surface area (Å²) in [6, 6.07) is 20.7. The number of rotatable bonds is 7. The maximum atomic E-state index is 5.57. The smallest absolute Gasteiger partial charge is 0.175 e. The third kappa shape index (κ3) is 3.87. The molecule has 0 aliphatic rings. The van der Waals surface area contributed by atoms with Crippen molar-refractivity contribution in [3.8, 4) is 11.5 Å². The summed E-state index contributed by atoms with van der Waals surface area (Å²) >= 11 is 1.54. The third-order valence-corrected chi connectivity index (χ3v) is 6.47. The normalized spacial score (nSPS) is 11.2. The van der Waals surface area contributed by atoms with Gasteiger partial charge in [-0.3, -0.25) is 0 Å². The number of aromatic nitrogens is 4. The molecule has 5 aromatic rings. The summed E-state index contributed by atoms with van der Waals surface area (Å²) in [6.07, 6.45) is 4.18. The van der Waals surface area contributed by atoms with Crippen LogP contribution in [0, 0.1) is 0 Å². The summed E-state index contributed by atoms with van der Waals surface area (Å²) in [5.74, 6) is 1.54. The Hall–Kier alpha value is -3.58. The van der Waals surface area contributed by atoms with E-state index in [0.29, 0.717) is 0 Å². The van der Waals surface area contributed by atoms with Crippen molar-refractivity contribution in [2.45, 2.75) is 23.0 Å². The van der Waals surface area contributed by atoms with Crippen molar-refractivity contribution in [1.29, 1.82) is 0 Å². The first kappa shape index (κ1) is 20.3. The van der Waals surface area contributed by atoms with Gasteiger partial charge in [-0.1, -0.05) is 42.5 Å².